The molecule has 0 radical (unpaired) electrons. The summed E-state index contributed by atoms with van der Waals surface area (Å²) in [5.74, 6) is 2.14. The number of anilines is 3. The van der Waals surface area contributed by atoms with Gasteiger partial charge >= 0.3 is 0 Å². The van der Waals surface area contributed by atoms with Crippen LogP contribution in [0.1, 0.15) is 26.7 Å². The first kappa shape index (κ1) is 15.5. The van der Waals surface area contributed by atoms with Gasteiger partial charge in [0.1, 0.15) is 17.2 Å². The topological polar surface area (TPSA) is 136 Å². The maximum atomic E-state index is 13.0. The van der Waals surface area contributed by atoms with E-state index in [-0.39, 0.29) is 23.4 Å². The molecule has 9 heteroatoms. The van der Waals surface area contributed by atoms with Crippen molar-refractivity contribution >= 4 is 34.5 Å². The van der Waals surface area contributed by atoms with E-state index in [4.69, 9.17) is 5.73 Å². The van der Waals surface area contributed by atoms with Gasteiger partial charge in [0.2, 0.25) is 5.95 Å². The van der Waals surface area contributed by atoms with Gasteiger partial charge < -0.3 is 16.1 Å². The summed E-state index contributed by atoms with van der Waals surface area (Å²) in [6, 6.07) is -0.192. The summed E-state index contributed by atoms with van der Waals surface area (Å²) >= 11 is 0. The molecule has 4 heterocycles. The fraction of sp³-hybridized carbons (Fsp3) is 0.571. The number of rotatable bonds is 1. The number of aromatic amines is 1. The third-order valence-corrected chi connectivity index (χ3v) is 4.61. The zero-order valence-electron chi connectivity index (χ0n) is 13.2. The van der Waals surface area contributed by atoms with Crippen molar-refractivity contribution in [3.8, 4) is 0 Å². The number of fused-ring (bicyclic) bond motifs is 2. The lowest BCUT2D eigenvalue weighted by atomic mass is 9.93. The molecule has 2 atom stereocenters. The van der Waals surface area contributed by atoms with E-state index in [1.165, 1.54) is 0 Å². The van der Waals surface area contributed by atoms with Crippen molar-refractivity contribution < 1.29 is 10.3 Å². The molecule has 124 valence electrons. The largest absolute Gasteiger partial charge is 0.412 e. The number of carbonyl (C=O) groups is 1. The van der Waals surface area contributed by atoms with Crippen LogP contribution in [0.2, 0.25) is 0 Å². The Morgan fingerprint density at radius 2 is 2.09 bits per heavy atom. The summed E-state index contributed by atoms with van der Waals surface area (Å²) in [6.07, 6.45) is 1.87. The molecule has 0 saturated carbocycles. The summed E-state index contributed by atoms with van der Waals surface area (Å²) in [5, 5.41) is 7.97. The van der Waals surface area contributed by atoms with Gasteiger partial charge in [-0.05, 0) is 25.7 Å². The number of nitrogens with zero attached hydrogens (tertiary/aromatic N) is 5. The summed E-state index contributed by atoms with van der Waals surface area (Å²) in [7, 11) is 0. The zero-order valence-corrected chi connectivity index (χ0v) is 13.2. The fourth-order valence-electron chi connectivity index (χ4n) is 3.55. The Labute approximate surface area is 133 Å². The highest BCUT2D eigenvalue weighted by atomic mass is 16.2. The van der Waals surface area contributed by atoms with Crippen LogP contribution in [-0.2, 0) is 4.79 Å². The highest BCUT2D eigenvalue weighted by Crippen LogP contribution is 2.39. The van der Waals surface area contributed by atoms with Crippen LogP contribution in [0.5, 0.6) is 0 Å². The first-order valence-corrected chi connectivity index (χ1v) is 7.69. The van der Waals surface area contributed by atoms with Gasteiger partial charge in [0.05, 0.1) is 0 Å². The minimum atomic E-state index is -0.192. The van der Waals surface area contributed by atoms with Crippen molar-refractivity contribution in [1.82, 2.24) is 20.2 Å². The number of hydrogen-bond acceptors (Lipinski definition) is 6. The van der Waals surface area contributed by atoms with Crippen LogP contribution in [0.15, 0.2) is 0 Å². The molecule has 4 rings (SSSR count). The number of nitrogen functional groups attached to an aromatic ring is 1. The molecule has 1 fully saturated rings. The predicted octanol–water partition coefficient (Wildman–Crippen LogP) is 0.0818. The van der Waals surface area contributed by atoms with Crippen molar-refractivity contribution in [3.63, 3.8) is 0 Å². The minimum absolute atomic E-state index is 0. The van der Waals surface area contributed by atoms with Crippen molar-refractivity contribution in [2.45, 2.75) is 32.7 Å². The Morgan fingerprint density at radius 1 is 1.30 bits per heavy atom. The smallest absolute Gasteiger partial charge is 0.250 e. The molecule has 0 aromatic carbocycles. The van der Waals surface area contributed by atoms with E-state index in [2.05, 4.69) is 32.0 Å². The quantitative estimate of drug-likeness (QED) is 0.764. The molecule has 2 aromatic rings. The van der Waals surface area contributed by atoms with Gasteiger partial charge in [-0.1, -0.05) is 6.92 Å². The second kappa shape index (κ2) is 5.34. The molecule has 0 spiro atoms. The van der Waals surface area contributed by atoms with Crippen molar-refractivity contribution in [2.24, 2.45) is 5.92 Å². The van der Waals surface area contributed by atoms with E-state index in [0.29, 0.717) is 23.9 Å². The standard InChI is InChI=1S/C14H19N7O.H2O/c1-3-20-12-9-10(18-19-12)16-14(15)17-11(9)21-6-7(2)4-5-8(21)13(20)22;/h7-8H,3-6H2,1-2H3,(H3,15,16,17,18,19);1H2. The van der Waals surface area contributed by atoms with Gasteiger partial charge in [0, 0.05) is 13.1 Å². The molecular weight excluding hydrogens is 298 g/mol. The van der Waals surface area contributed by atoms with Gasteiger partial charge in [-0.3, -0.25) is 14.8 Å². The highest BCUT2D eigenvalue weighted by Gasteiger charge is 2.40. The molecule has 0 bridgehead atoms. The van der Waals surface area contributed by atoms with Crippen molar-refractivity contribution in [2.75, 3.05) is 28.6 Å². The number of hydrogen-bond donors (Lipinski definition) is 2. The Hall–Kier alpha value is -2.42. The summed E-state index contributed by atoms with van der Waals surface area (Å²) < 4.78 is 0. The van der Waals surface area contributed by atoms with Crippen LogP contribution in [0, 0.1) is 5.92 Å². The number of amides is 1. The number of carbonyl (C=O) groups excluding carboxylic acids is 1. The van der Waals surface area contributed by atoms with Crippen LogP contribution >= 0.6 is 0 Å². The molecule has 2 aliphatic heterocycles. The van der Waals surface area contributed by atoms with Gasteiger partial charge in [0.15, 0.2) is 11.5 Å². The van der Waals surface area contributed by atoms with E-state index < -0.39 is 0 Å². The first-order valence-electron chi connectivity index (χ1n) is 7.69. The molecule has 2 aliphatic rings. The average Bonchev–Trinajstić information content (AvgIpc) is 2.86. The first-order chi connectivity index (χ1) is 10.6. The SMILES string of the molecule is CCN1C(=O)C2CCC(C)CN2c2nc(N)nc3[nH]nc1c23.O. The Bertz CT molecular complexity index is 759. The fourth-order valence-corrected chi connectivity index (χ4v) is 3.55. The van der Waals surface area contributed by atoms with Crippen molar-refractivity contribution in [3.05, 3.63) is 0 Å². The molecule has 1 amide bonds. The molecule has 2 unspecified atom stereocenters. The van der Waals surface area contributed by atoms with Gasteiger partial charge in [-0.25, -0.2) is 0 Å². The lowest BCUT2D eigenvalue weighted by Crippen LogP contribution is -2.52. The van der Waals surface area contributed by atoms with Gasteiger partial charge in [0.25, 0.3) is 5.91 Å². The third kappa shape index (κ3) is 2.11. The lowest BCUT2D eigenvalue weighted by molar-refractivity contribution is -0.120. The number of likely N-dealkylation sites (N-methyl/N-ethyl adjacent to an activating group) is 1. The van der Waals surface area contributed by atoms with Crippen LogP contribution in [0.4, 0.5) is 17.6 Å². The number of H-pyrrole nitrogens is 1. The lowest BCUT2D eigenvalue weighted by Gasteiger charge is -2.38. The molecule has 23 heavy (non-hydrogen) atoms. The van der Waals surface area contributed by atoms with E-state index in [1.54, 1.807) is 4.90 Å². The average molecular weight is 319 g/mol. The molecule has 5 N–H and O–H groups in total. The van der Waals surface area contributed by atoms with E-state index >= 15 is 0 Å². The highest BCUT2D eigenvalue weighted by molar-refractivity contribution is 6.10. The van der Waals surface area contributed by atoms with Crippen LogP contribution in [0.25, 0.3) is 11.0 Å². The molecule has 0 aliphatic carbocycles. The van der Waals surface area contributed by atoms with E-state index in [9.17, 15) is 4.79 Å². The maximum Gasteiger partial charge on any atom is 0.250 e. The van der Waals surface area contributed by atoms with E-state index in [1.807, 2.05) is 6.92 Å². The third-order valence-electron chi connectivity index (χ3n) is 4.61. The van der Waals surface area contributed by atoms with Crippen LogP contribution in [-0.4, -0.2) is 50.7 Å². The normalized spacial score (nSPS) is 23.5. The second-order valence-electron chi connectivity index (χ2n) is 6.11. The summed E-state index contributed by atoms with van der Waals surface area (Å²) in [4.78, 5) is 25.4. The minimum Gasteiger partial charge on any atom is -0.412 e. The molecule has 9 nitrogen and oxygen atoms in total. The number of piperidine rings is 1. The maximum absolute atomic E-state index is 13.0. The summed E-state index contributed by atoms with van der Waals surface area (Å²) in [6.45, 7) is 5.52. The molecule has 2 aromatic heterocycles. The Kier molecular flexibility index (Phi) is 3.59. The number of nitrogens with one attached hydrogen (secondary N) is 1. The van der Waals surface area contributed by atoms with Gasteiger partial charge in [-0.2, -0.15) is 15.1 Å². The second-order valence-corrected chi connectivity index (χ2v) is 6.11. The molecular formula is C14H21N7O2. The predicted molar refractivity (Wildman–Crippen MR) is 87.3 cm³/mol. The Morgan fingerprint density at radius 3 is 2.83 bits per heavy atom. The van der Waals surface area contributed by atoms with Crippen molar-refractivity contribution in [1.29, 1.82) is 0 Å². The molecule has 1 saturated heterocycles. The summed E-state index contributed by atoms with van der Waals surface area (Å²) in [5.41, 5.74) is 6.43. The van der Waals surface area contributed by atoms with E-state index in [0.717, 1.165) is 30.6 Å². The number of aromatic nitrogens is 4. The van der Waals surface area contributed by atoms with Gasteiger partial charge in [-0.15, -0.1) is 0 Å². The zero-order chi connectivity index (χ0) is 15.4. The monoisotopic (exact) mass is 319 g/mol. The van der Waals surface area contributed by atoms with Crippen LogP contribution in [0.3, 0.4) is 0 Å². The van der Waals surface area contributed by atoms with Crippen LogP contribution < -0.4 is 15.5 Å². The number of nitrogens with two attached hydrogens (primary N) is 1. The Balaban J connectivity index is 0.00000156.